The SMILES string of the molecule is CC(C)(C)OC(=O)CCOCCCn1cc(CNc2nc(NC3CCN(Cc4ccccc4)CC3)cc(N3CCOCC3)n2)nn1. The third kappa shape index (κ3) is 11.2. The van der Waals surface area contributed by atoms with Crippen molar-refractivity contribution in [2.45, 2.75) is 77.7 Å². The van der Waals surface area contributed by atoms with Gasteiger partial charge in [-0.2, -0.15) is 9.97 Å². The Kier molecular flexibility index (Phi) is 12.2. The van der Waals surface area contributed by atoms with E-state index >= 15 is 0 Å². The molecule has 0 spiro atoms. The van der Waals surface area contributed by atoms with Gasteiger partial charge in [-0.3, -0.25) is 14.4 Å². The number of ether oxygens (including phenoxy) is 3. The van der Waals surface area contributed by atoms with Crippen LogP contribution in [0.15, 0.2) is 42.6 Å². The molecule has 2 saturated heterocycles. The molecule has 0 radical (unpaired) electrons. The van der Waals surface area contributed by atoms with Crippen LogP contribution in [0.5, 0.6) is 0 Å². The number of nitrogens with zero attached hydrogens (tertiary/aromatic N) is 7. The average Bonchev–Trinajstić information content (AvgIpc) is 3.50. The lowest BCUT2D eigenvalue weighted by Crippen LogP contribution is -2.39. The number of rotatable bonds is 15. The number of aromatic nitrogens is 5. The lowest BCUT2D eigenvalue weighted by molar-refractivity contribution is -0.156. The maximum atomic E-state index is 11.8. The number of benzene rings is 1. The fraction of sp³-hybridized carbons (Fsp3) is 0.606. The van der Waals surface area contributed by atoms with Crippen LogP contribution in [0.2, 0.25) is 0 Å². The Morgan fingerprint density at radius 3 is 2.59 bits per heavy atom. The summed E-state index contributed by atoms with van der Waals surface area (Å²) in [5, 5.41) is 15.6. The van der Waals surface area contributed by atoms with Gasteiger partial charge in [-0.15, -0.1) is 5.10 Å². The Morgan fingerprint density at radius 1 is 1.04 bits per heavy atom. The zero-order chi connectivity index (χ0) is 32.2. The van der Waals surface area contributed by atoms with Crippen LogP contribution in [-0.4, -0.2) is 100 Å². The Bertz CT molecular complexity index is 1350. The van der Waals surface area contributed by atoms with Crippen LogP contribution in [0.1, 0.15) is 57.7 Å². The highest BCUT2D eigenvalue weighted by molar-refractivity contribution is 5.69. The predicted octanol–water partition coefficient (Wildman–Crippen LogP) is 3.73. The molecule has 2 aromatic heterocycles. The fourth-order valence-electron chi connectivity index (χ4n) is 5.51. The lowest BCUT2D eigenvalue weighted by Gasteiger charge is -2.33. The summed E-state index contributed by atoms with van der Waals surface area (Å²) in [5.74, 6) is 2.03. The number of esters is 1. The lowest BCUT2D eigenvalue weighted by atomic mass is 10.0. The minimum atomic E-state index is -0.478. The molecule has 0 amide bonds. The molecular formula is C33H49N9O4. The number of anilines is 3. The van der Waals surface area contributed by atoms with Gasteiger partial charge in [0, 0.05) is 58.0 Å². The second-order valence-corrected chi connectivity index (χ2v) is 12.8. The molecule has 13 heteroatoms. The number of carbonyl (C=O) groups is 1. The molecule has 2 fully saturated rings. The molecule has 0 saturated carbocycles. The van der Waals surface area contributed by atoms with Gasteiger partial charge in [0.25, 0.3) is 0 Å². The van der Waals surface area contributed by atoms with Crippen LogP contribution in [0.3, 0.4) is 0 Å². The molecule has 46 heavy (non-hydrogen) atoms. The number of piperidine rings is 1. The molecular weight excluding hydrogens is 586 g/mol. The van der Waals surface area contributed by atoms with Crippen molar-refractivity contribution in [2.75, 3.05) is 68.1 Å². The zero-order valence-electron chi connectivity index (χ0n) is 27.5. The molecule has 5 rings (SSSR count). The largest absolute Gasteiger partial charge is 0.460 e. The van der Waals surface area contributed by atoms with E-state index in [0.29, 0.717) is 51.5 Å². The predicted molar refractivity (Wildman–Crippen MR) is 177 cm³/mol. The van der Waals surface area contributed by atoms with E-state index < -0.39 is 5.60 Å². The molecule has 13 nitrogen and oxygen atoms in total. The number of hydrogen-bond donors (Lipinski definition) is 2. The quantitative estimate of drug-likeness (QED) is 0.186. The number of carbonyl (C=O) groups excluding carboxylic acids is 1. The monoisotopic (exact) mass is 635 g/mol. The van der Waals surface area contributed by atoms with Gasteiger partial charge in [0.1, 0.15) is 22.9 Å². The van der Waals surface area contributed by atoms with E-state index in [1.807, 2.05) is 27.0 Å². The van der Waals surface area contributed by atoms with Gasteiger partial charge >= 0.3 is 5.97 Å². The summed E-state index contributed by atoms with van der Waals surface area (Å²) < 4.78 is 18.3. The summed E-state index contributed by atoms with van der Waals surface area (Å²) >= 11 is 0. The summed E-state index contributed by atoms with van der Waals surface area (Å²) in [4.78, 5) is 26.2. The van der Waals surface area contributed by atoms with Crippen LogP contribution in [-0.2, 0) is 38.6 Å². The van der Waals surface area contributed by atoms with Crippen molar-refractivity contribution in [3.05, 3.63) is 53.9 Å². The van der Waals surface area contributed by atoms with Gasteiger partial charge in [0.05, 0.1) is 39.0 Å². The molecule has 0 atom stereocenters. The van der Waals surface area contributed by atoms with Crippen molar-refractivity contribution in [3.8, 4) is 0 Å². The number of hydrogen-bond acceptors (Lipinski definition) is 12. The smallest absolute Gasteiger partial charge is 0.308 e. The zero-order valence-corrected chi connectivity index (χ0v) is 27.5. The Balaban J connectivity index is 1.09. The van der Waals surface area contributed by atoms with E-state index in [0.717, 1.165) is 69.3 Å². The van der Waals surface area contributed by atoms with E-state index in [1.165, 1.54) is 5.56 Å². The summed E-state index contributed by atoms with van der Waals surface area (Å²) in [7, 11) is 0. The first-order valence-corrected chi connectivity index (χ1v) is 16.5. The molecule has 2 N–H and O–H groups in total. The van der Waals surface area contributed by atoms with E-state index in [-0.39, 0.29) is 12.4 Å². The average molecular weight is 636 g/mol. The van der Waals surface area contributed by atoms with Crippen molar-refractivity contribution in [1.82, 2.24) is 29.9 Å². The molecule has 0 aliphatic carbocycles. The molecule has 250 valence electrons. The van der Waals surface area contributed by atoms with Crippen molar-refractivity contribution in [3.63, 3.8) is 0 Å². The highest BCUT2D eigenvalue weighted by atomic mass is 16.6. The van der Waals surface area contributed by atoms with Crippen molar-refractivity contribution in [2.24, 2.45) is 0 Å². The van der Waals surface area contributed by atoms with Crippen LogP contribution in [0, 0.1) is 0 Å². The summed E-state index contributed by atoms with van der Waals surface area (Å²) in [6.45, 7) is 13.6. The number of aryl methyl sites for hydroxylation is 1. The van der Waals surface area contributed by atoms with Crippen molar-refractivity contribution < 1.29 is 19.0 Å². The van der Waals surface area contributed by atoms with Crippen LogP contribution >= 0.6 is 0 Å². The minimum Gasteiger partial charge on any atom is -0.460 e. The molecule has 1 aromatic carbocycles. The van der Waals surface area contributed by atoms with Crippen LogP contribution in [0.25, 0.3) is 0 Å². The van der Waals surface area contributed by atoms with Gasteiger partial charge in [-0.05, 0) is 45.6 Å². The maximum absolute atomic E-state index is 11.8. The van der Waals surface area contributed by atoms with Gasteiger partial charge in [-0.1, -0.05) is 35.5 Å². The molecule has 0 unspecified atom stereocenters. The Hall–Kier alpha value is -3.81. The number of nitrogens with one attached hydrogen (secondary N) is 2. The molecule has 4 heterocycles. The molecule has 3 aromatic rings. The van der Waals surface area contributed by atoms with Gasteiger partial charge in [0.2, 0.25) is 5.95 Å². The molecule has 2 aliphatic rings. The summed E-state index contributed by atoms with van der Waals surface area (Å²) in [6.07, 6.45) is 5.04. The highest BCUT2D eigenvalue weighted by Crippen LogP contribution is 2.23. The van der Waals surface area contributed by atoms with Crippen molar-refractivity contribution >= 4 is 23.6 Å². The first kappa shape index (κ1) is 33.6. The summed E-state index contributed by atoms with van der Waals surface area (Å²) in [5.41, 5.74) is 1.68. The van der Waals surface area contributed by atoms with E-state index in [9.17, 15) is 4.79 Å². The Morgan fingerprint density at radius 2 is 1.83 bits per heavy atom. The number of likely N-dealkylation sites (tertiary alicyclic amines) is 1. The number of morpholine rings is 1. The molecule has 0 bridgehead atoms. The third-order valence-electron chi connectivity index (χ3n) is 7.80. The topological polar surface area (TPSA) is 132 Å². The first-order chi connectivity index (χ1) is 22.3. The Labute approximate surface area is 272 Å². The van der Waals surface area contributed by atoms with E-state index in [4.69, 9.17) is 24.2 Å². The second-order valence-electron chi connectivity index (χ2n) is 12.8. The van der Waals surface area contributed by atoms with Gasteiger partial charge in [-0.25, -0.2) is 0 Å². The molecule has 2 aliphatic heterocycles. The van der Waals surface area contributed by atoms with Crippen LogP contribution in [0.4, 0.5) is 17.6 Å². The summed E-state index contributed by atoms with van der Waals surface area (Å²) in [6, 6.07) is 13.1. The van der Waals surface area contributed by atoms with E-state index in [2.05, 4.69) is 67.1 Å². The van der Waals surface area contributed by atoms with Crippen molar-refractivity contribution in [1.29, 1.82) is 0 Å². The fourth-order valence-corrected chi connectivity index (χ4v) is 5.51. The van der Waals surface area contributed by atoms with Crippen LogP contribution < -0.4 is 15.5 Å². The van der Waals surface area contributed by atoms with E-state index in [1.54, 1.807) is 4.68 Å². The highest BCUT2D eigenvalue weighted by Gasteiger charge is 2.21. The maximum Gasteiger partial charge on any atom is 0.308 e. The van der Waals surface area contributed by atoms with Gasteiger partial charge < -0.3 is 29.7 Å². The first-order valence-electron chi connectivity index (χ1n) is 16.5. The third-order valence-corrected chi connectivity index (χ3v) is 7.80. The second kappa shape index (κ2) is 16.7. The minimum absolute atomic E-state index is 0.247. The normalized spacial score (nSPS) is 16.4. The standard InChI is InChI=1S/C33H49N9O4/c1-33(2,3)46-31(43)12-19-44-18-7-13-42-25-28(38-39-42)23-34-32-36-29(22-30(37-32)41-16-20-45-21-17-41)35-27-10-14-40(15-11-27)24-26-8-5-4-6-9-26/h4-6,8-9,22,25,27H,7,10-21,23-24H2,1-3H3,(H2,34,35,36,37). The van der Waals surface area contributed by atoms with Gasteiger partial charge in [0.15, 0.2) is 0 Å².